The highest BCUT2D eigenvalue weighted by molar-refractivity contribution is 7.05. The van der Waals surface area contributed by atoms with Crippen molar-refractivity contribution in [2.45, 2.75) is 76.3 Å². The molecule has 154 valence electrons. The van der Waals surface area contributed by atoms with Gasteiger partial charge < -0.3 is 9.64 Å². The number of piperidine rings is 1. The Labute approximate surface area is 171 Å². The maximum Gasteiger partial charge on any atom is 0.237 e. The third-order valence-corrected chi connectivity index (χ3v) is 7.86. The van der Waals surface area contributed by atoms with E-state index in [0.29, 0.717) is 36.7 Å². The highest BCUT2D eigenvalue weighted by atomic mass is 32.1. The number of morpholine rings is 1. The minimum absolute atomic E-state index is 0.232. The molecule has 0 radical (unpaired) electrons. The van der Waals surface area contributed by atoms with Crippen LogP contribution in [0.25, 0.3) is 0 Å². The zero-order valence-corrected chi connectivity index (χ0v) is 17.7. The standard InChI is InChI=1S/C20H31N5O2S/c1-13-10-24(11-14(2)27-13)15-5-7-23(8-6-15)12-19(26)25-16-3-4-18(25)20-17(9-16)21-22-28-20/h13-16,18H,3-12H2,1-2H3/t13-,14+,16-,18-/m1/s1. The summed E-state index contributed by atoms with van der Waals surface area (Å²) in [6.07, 6.45) is 6.03. The van der Waals surface area contributed by atoms with Crippen LogP contribution in [0.3, 0.4) is 0 Å². The number of carbonyl (C=O) groups excluding carboxylic acids is 1. The molecule has 0 aromatic carbocycles. The van der Waals surface area contributed by atoms with E-state index in [-0.39, 0.29) is 6.04 Å². The fraction of sp³-hybridized carbons (Fsp3) is 0.850. The second kappa shape index (κ2) is 7.63. The van der Waals surface area contributed by atoms with Gasteiger partial charge in [-0.25, -0.2) is 0 Å². The zero-order chi connectivity index (χ0) is 19.3. The number of fused-ring (bicyclic) bond motifs is 4. The van der Waals surface area contributed by atoms with Gasteiger partial charge in [-0.15, -0.1) is 5.10 Å². The molecule has 5 rings (SSSR count). The number of nitrogens with zero attached hydrogens (tertiary/aromatic N) is 5. The van der Waals surface area contributed by atoms with Gasteiger partial charge in [0.15, 0.2) is 0 Å². The lowest BCUT2D eigenvalue weighted by atomic mass is 10.0. The van der Waals surface area contributed by atoms with E-state index in [4.69, 9.17) is 4.74 Å². The van der Waals surface area contributed by atoms with Gasteiger partial charge in [0, 0.05) is 44.7 Å². The molecule has 4 atom stereocenters. The summed E-state index contributed by atoms with van der Waals surface area (Å²) in [5, 5.41) is 4.28. The monoisotopic (exact) mass is 405 g/mol. The smallest absolute Gasteiger partial charge is 0.237 e. The Morgan fingerprint density at radius 2 is 1.86 bits per heavy atom. The lowest BCUT2D eigenvalue weighted by Crippen LogP contribution is -2.54. The molecule has 8 heteroatoms. The molecular weight excluding hydrogens is 374 g/mol. The van der Waals surface area contributed by atoms with Crippen LogP contribution in [0.4, 0.5) is 0 Å². The third kappa shape index (κ3) is 3.49. The summed E-state index contributed by atoms with van der Waals surface area (Å²) in [6.45, 7) is 9.03. The van der Waals surface area contributed by atoms with Crippen LogP contribution in [-0.4, -0.2) is 87.2 Å². The van der Waals surface area contributed by atoms with E-state index in [9.17, 15) is 4.79 Å². The number of ether oxygens (including phenoxy) is 1. The first-order valence-corrected chi connectivity index (χ1v) is 11.6. The number of hydrogen-bond donors (Lipinski definition) is 0. The van der Waals surface area contributed by atoms with Crippen LogP contribution in [0, 0.1) is 0 Å². The van der Waals surface area contributed by atoms with E-state index in [0.717, 1.165) is 64.0 Å². The Morgan fingerprint density at radius 1 is 1.11 bits per heavy atom. The van der Waals surface area contributed by atoms with Crippen molar-refractivity contribution in [3.05, 3.63) is 10.6 Å². The Morgan fingerprint density at radius 3 is 2.61 bits per heavy atom. The lowest BCUT2D eigenvalue weighted by molar-refractivity contribution is -0.136. The molecule has 5 heterocycles. The maximum absolute atomic E-state index is 13.1. The quantitative estimate of drug-likeness (QED) is 0.763. The van der Waals surface area contributed by atoms with Gasteiger partial charge in [-0.3, -0.25) is 14.6 Å². The predicted octanol–water partition coefficient (Wildman–Crippen LogP) is 1.70. The van der Waals surface area contributed by atoms with Crippen molar-refractivity contribution >= 4 is 17.4 Å². The van der Waals surface area contributed by atoms with Gasteiger partial charge in [0.1, 0.15) is 0 Å². The molecule has 3 fully saturated rings. The van der Waals surface area contributed by atoms with Gasteiger partial charge in [0.25, 0.3) is 0 Å². The molecule has 7 nitrogen and oxygen atoms in total. The second-order valence-corrected chi connectivity index (χ2v) is 9.84. The maximum atomic E-state index is 13.1. The van der Waals surface area contributed by atoms with Gasteiger partial charge in [-0.05, 0) is 51.1 Å². The number of likely N-dealkylation sites (tertiary alicyclic amines) is 1. The summed E-state index contributed by atoms with van der Waals surface area (Å²) < 4.78 is 10.0. The lowest BCUT2D eigenvalue weighted by Gasteiger charge is -2.44. The van der Waals surface area contributed by atoms with Gasteiger partial charge in [0.2, 0.25) is 5.91 Å². The normalized spacial score (nSPS) is 34.6. The Hall–Kier alpha value is -1.09. The van der Waals surface area contributed by atoms with Crippen LogP contribution >= 0.6 is 11.5 Å². The molecule has 1 amide bonds. The van der Waals surface area contributed by atoms with Crippen LogP contribution in [-0.2, 0) is 16.0 Å². The van der Waals surface area contributed by atoms with Crippen molar-refractivity contribution in [1.29, 1.82) is 0 Å². The number of amides is 1. The van der Waals surface area contributed by atoms with Crippen molar-refractivity contribution < 1.29 is 9.53 Å². The van der Waals surface area contributed by atoms with Gasteiger partial charge in [-0.1, -0.05) is 4.49 Å². The zero-order valence-electron chi connectivity index (χ0n) is 16.9. The van der Waals surface area contributed by atoms with Gasteiger partial charge in [-0.2, -0.15) is 0 Å². The Balaban J connectivity index is 1.16. The first kappa shape index (κ1) is 18.9. The molecule has 0 N–H and O–H groups in total. The number of rotatable bonds is 3. The largest absolute Gasteiger partial charge is 0.373 e. The number of aromatic nitrogens is 2. The Kier molecular flexibility index (Phi) is 5.15. The molecule has 4 aliphatic heterocycles. The highest BCUT2D eigenvalue weighted by Crippen LogP contribution is 2.44. The van der Waals surface area contributed by atoms with Crippen LogP contribution < -0.4 is 0 Å². The minimum atomic E-state index is 0.232. The summed E-state index contributed by atoms with van der Waals surface area (Å²) in [5.41, 5.74) is 1.14. The summed E-state index contributed by atoms with van der Waals surface area (Å²) in [5.74, 6) is 0.304. The van der Waals surface area contributed by atoms with Crippen LogP contribution in [0.1, 0.15) is 56.1 Å². The summed E-state index contributed by atoms with van der Waals surface area (Å²) in [4.78, 5) is 21.5. The van der Waals surface area contributed by atoms with Crippen molar-refractivity contribution in [1.82, 2.24) is 24.3 Å². The third-order valence-electron chi connectivity index (χ3n) is 6.99. The molecular formula is C20H31N5O2S. The first-order valence-electron chi connectivity index (χ1n) is 10.8. The number of hydrogen-bond acceptors (Lipinski definition) is 7. The first-order chi connectivity index (χ1) is 13.6. The van der Waals surface area contributed by atoms with E-state index < -0.39 is 0 Å². The van der Waals surface area contributed by atoms with Crippen LogP contribution in [0.5, 0.6) is 0 Å². The minimum Gasteiger partial charge on any atom is -0.373 e. The van der Waals surface area contributed by atoms with E-state index in [2.05, 4.69) is 38.1 Å². The molecule has 0 saturated carbocycles. The molecule has 0 spiro atoms. The highest BCUT2D eigenvalue weighted by Gasteiger charge is 2.44. The van der Waals surface area contributed by atoms with Crippen LogP contribution in [0.15, 0.2) is 0 Å². The summed E-state index contributed by atoms with van der Waals surface area (Å²) in [7, 11) is 0. The van der Waals surface area contributed by atoms with Crippen molar-refractivity contribution in [2.24, 2.45) is 0 Å². The average molecular weight is 406 g/mol. The molecule has 0 aliphatic carbocycles. The van der Waals surface area contributed by atoms with Gasteiger partial charge >= 0.3 is 0 Å². The fourth-order valence-corrected chi connectivity index (χ4v) is 6.59. The summed E-state index contributed by atoms with van der Waals surface area (Å²) in [6, 6.07) is 1.20. The molecule has 1 aromatic heterocycles. The fourth-order valence-electron chi connectivity index (χ4n) is 5.78. The molecule has 0 unspecified atom stereocenters. The SMILES string of the molecule is C[C@@H]1CN(C2CCN(CC(=O)N3[C@@H]4CC[C@@H]3c3snnc3C4)CC2)C[C@H](C)O1. The van der Waals surface area contributed by atoms with E-state index in [1.165, 1.54) is 16.4 Å². The topological polar surface area (TPSA) is 61.8 Å². The van der Waals surface area contributed by atoms with E-state index >= 15 is 0 Å². The molecule has 4 aliphatic rings. The van der Waals surface area contributed by atoms with Crippen molar-refractivity contribution in [2.75, 3.05) is 32.7 Å². The number of carbonyl (C=O) groups is 1. The average Bonchev–Trinajstić information content (AvgIpc) is 3.26. The van der Waals surface area contributed by atoms with Gasteiger partial charge in [0.05, 0.1) is 35.4 Å². The molecule has 3 saturated heterocycles. The second-order valence-electron chi connectivity index (χ2n) is 9.05. The van der Waals surface area contributed by atoms with Crippen molar-refractivity contribution in [3.8, 4) is 0 Å². The Bertz CT molecular complexity index is 709. The van der Waals surface area contributed by atoms with E-state index in [1.54, 1.807) is 0 Å². The molecule has 28 heavy (non-hydrogen) atoms. The van der Waals surface area contributed by atoms with Crippen LogP contribution in [0.2, 0.25) is 0 Å². The summed E-state index contributed by atoms with van der Waals surface area (Å²) >= 11 is 1.48. The predicted molar refractivity (Wildman–Crippen MR) is 107 cm³/mol. The molecule has 1 aromatic rings. The van der Waals surface area contributed by atoms with E-state index in [1.807, 2.05) is 0 Å². The molecule has 2 bridgehead atoms. The van der Waals surface area contributed by atoms with Crippen molar-refractivity contribution in [3.63, 3.8) is 0 Å².